The Balaban J connectivity index is 3.58. The van der Waals surface area contributed by atoms with Crippen LogP contribution in [-0.2, 0) is 0 Å². The molecule has 1 aromatic rings. The molecule has 0 N–H and O–H groups in total. The Morgan fingerprint density at radius 2 is 1.94 bits per heavy atom. The maximum Gasteiger partial charge on any atom is 0.257 e. The van der Waals surface area contributed by atoms with Crippen LogP contribution in [0.2, 0.25) is 0 Å². The van der Waals surface area contributed by atoms with Crippen molar-refractivity contribution in [2.75, 3.05) is 21.2 Å². The number of hydrogen-bond donors (Lipinski definition) is 0. The molecule has 0 aliphatic heterocycles. The minimum Gasteiger partial charge on any atom is -0.494 e. The van der Waals surface area contributed by atoms with Gasteiger partial charge in [-0.1, -0.05) is 19.9 Å². The normalized spacial score (nSPS) is 10.3. The fraction of sp³-hybridized carbons (Fsp3) is 0.462. The van der Waals surface area contributed by atoms with E-state index in [1.54, 1.807) is 26.2 Å². The van der Waals surface area contributed by atoms with E-state index < -0.39 is 0 Å². The Morgan fingerprint density at radius 1 is 1.33 bits per heavy atom. The van der Waals surface area contributed by atoms with E-state index in [1.165, 1.54) is 12.0 Å². The first kappa shape index (κ1) is 14.2. The van der Waals surface area contributed by atoms with Gasteiger partial charge in [0.1, 0.15) is 0 Å². The molecule has 18 heavy (non-hydrogen) atoms. The molecule has 1 aromatic carbocycles. The third-order valence-electron chi connectivity index (χ3n) is 2.71. The molecule has 0 aromatic heterocycles. The Morgan fingerprint density at radius 3 is 2.33 bits per heavy atom. The number of nitrogens with zero attached hydrogens (tertiary/aromatic N) is 2. The monoisotopic (exact) mass is 250 g/mol. The van der Waals surface area contributed by atoms with E-state index >= 15 is 0 Å². The molecule has 0 aliphatic carbocycles. The van der Waals surface area contributed by atoms with Gasteiger partial charge in [-0.05, 0) is 22.7 Å². The largest absolute Gasteiger partial charge is 0.494 e. The van der Waals surface area contributed by atoms with Crippen molar-refractivity contribution in [1.82, 2.24) is 4.90 Å². The van der Waals surface area contributed by atoms with Crippen LogP contribution in [0.15, 0.2) is 17.3 Å². The molecule has 1 amide bonds. The van der Waals surface area contributed by atoms with Crippen LogP contribution in [0.5, 0.6) is 5.75 Å². The zero-order chi connectivity index (χ0) is 13.9. The van der Waals surface area contributed by atoms with E-state index in [0.29, 0.717) is 5.56 Å². The molecule has 0 radical (unpaired) electrons. The minimum absolute atomic E-state index is 0.145. The summed E-state index contributed by atoms with van der Waals surface area (Å²) in [6.07, 6.45) is 0. The van der Waals surface area contributed by atoms with E-state index in [2.05, 4.69) is 5.18 Å². The molecule has 5 nitrogen and oxygen atoms in total. The fourth-order valence-electron chi connectivity index (χ4n) is 1.79. The van der Waals surface area contributed by atoms with Crippen LogP contribution >= 0.6 is 0 Å². The highest BCUT2D eigenvalue weighted by Gasteiger charge is 2.23. The summed E-state index contributed by atoms with van der Waals surface area (Å²) in [7, 11) is 4.75. The van der Waals surface area contributed by atoms with Crippen LogP contribution in [0.25, 0.3) is 0 Å². The average molecular weight is 250 g/mol. The summed E-state index contributed by atoms with van der Waals surface area (Å²) in [5.74, 6) is 0.203. The Bertz CT molecular complexity index is 468. The predicted molar refractivity (Wildman–Crippen MR) is 70.6 cm³/mol. The number of ether oxygens (including phenoxy) is 1. The molecule has 0 saturated heterocycles. The maximum absolute atomic E-state index is 12.2. The second-order valence-electron chi connectivity index (χ2n) is 4.53. The van der Waals surface area contributed by atoms with Crippen LogP contribution in [0.1, 0.15) is 35.7 Å². The third-order valence-corrected chi connectivity index (χ3v) is 2.71. The topological polar surface area (TPSA) is 59.0 Å². The van der Waals surface area contributed by atoms with E-state index in [0.717, 1.165) is 5.56 Å². The number of carbonyl (C=O) groups is 1. The van der Waals surface area contributed by atoms with Crippen molar-refractivity contribution >= 4 is 11.6 Å². The van der Waals surface area contributed by atoms with Gasteiger partial charge in [0, 0.05) is 14.1 Å². The lowest BCUT2D eigenvalue weighted by molar-refractivity contribution is 0.0823. The zero-order valence-corrected chi connectivity index (χ0v) is 11.4. The lowest BCUT2D eigenvalue weighted by Crippen LogP contribution is -2.24. The van der Waals surface area contributed by atoms with Crippen molar-refractivity contribution in [2.45, 2.75) is 19.8 Å². The number of rotatable bonds is 4. The first-order valence-electron chi connectivity index (χ1n) is 5.69. The van der Waals surface area contributed by atoms with Crippen molar-refractivity contribution < 1.29 is 9.53 Å². The van der Waals surface area contributed by atoms with Gasteiger partial charge in [0.2, 0.25) is 0 Å². The highest BCUT2D eigenvalue weighted by Crippen LogP contribution is 2.37. The van der Waals surface area contributed by atoms with Crippen molar-refractivity contribution in [1.29, 1.82) is 0 Å². The summed E-state index contributed by atoms with van der Waals surface area (Å²) in [6, 6.07) is 3.33. The van der Waals surface area contributed by atoms with Gasteiger partial charge in [-0.3, -0.25) is 4.79 Å². The van der Waals surface area contributed by atoms with Crippen LogP contribution in [-0.4, -0.2) is 32.0 Å². The van der Waals surface area contributed by atoms with Crippen LogP contribution in [0.3, 0.4) is 0 Å². The van der Waals surface area contributed by atoms with Gasteiger partial charge in [0.05, 0.1) is 12.7 Å². The predicted octanol–water partition coefficient (Wildman–Crippen LogP) is 2.92. The van der Waals surface area contributed by atoms with Gasteiger partial charge in [-0.15, -0.1) is 4.91 Å². The summed E-state index contributed by atoms with van der Waals surface area (Å²) in [5, 5.41) is 2.90. The number of benzene rings is 1. The van der Waals surface area contributed by atoms with Gasteiger partial charge in [-0.25, -0.2) is 0 Å². The number of amides is 1. The summed E-state index contributed by atoms with van der Waals surface area (Å²) >= 11 is 0. The Labute approximate surface area is 107 Å². The number of nitroso groups, excluding NO2 is 1. The number of hydrogen-bond acceptors (Lipinski definition) is 4. The molecule has 0 bridgehead atoms. The second kappa shape index (κ2) is 5.62. The van der Waals surface area contributed by atoms with Crippen molar-refractivity contribution in [3.05, 3.63) is 28.2 Å². The van der Waals surface area contributed by atoms with E-state index in [-0.39, 0.29) is 23.3 Å². The summed E-state index contributed by atoms with van der Waals surface area (Å²) in [4.78, 5) is 24.4. The Hall–Kier alpha value is -1.91. The van der Waals surface area contributed by atoms with Gasteiger partial charge in [0.15, 0.2) is 11.4 Å². The molecule has 0 saturated carbocycles. The molecule has 0 unspecified atom stereocenters. The van der Waals surface area contributed by atoms with Crippen LogP contribution in [0, 0.1) is 4.91 Å². The molecule has 0 heterocycles. The molecule has 98 valence electrons. The fourth-order valence-corrected chi connectivity index (χ4v) is 1.79. The first-order chi connectivity index (χ1) is 8.43. The summed E-state index contributed by atoms with van der Waals surface area (Å²) in [6.45, 7) is 3.96. The highest BCUT2D eigenvalue weighted by atomic mass is 16.5. The Kier molecular flexibility index (Phi) is 4.42. The maximum atomic E-state index is 12.2. The zero-order valence-electron chi connectivity index (χ0n) is 11.4. The quantitative estimate of drug-likeness (QED) is 0.772. The summed E-state index contributed by atoms with van der Waals surface area (Å²) < 4.78 is 5.19. The third kappa shape index (κ3) is 2.50. The molecule has 0 spiro atoms. The lowest BCUT2D eigenvalue weighted by Gasteiger charge is -2.19. The lowest BCUT2D eigenvalue weighted by atomic mass is 9.95. The smallest absolute Gasteiger partial charge is 0.257 e. The summed E-state index contributed by atoms with van der Waals surface area (Å²) in [5.41, 5.74) is 1.40. The van der Waals surface area contributed by atoms with E-state index in [4.69, 9.17) is 4.74 Å². The van der Waals surface area contributed by atoms with E-state index in [9.17, 15) is 9.70 Å². The molecular weight excluding hydrogens is 232 g/mol. The van der Waals surface area contributed by atoms with E-state index in [1.807, 2.05) is 13.8 Å². The van der Waals surface area contributed by atoms with Gasteiger partial charge < -0.3 is 9.64 Å². The van der Waals surface area contributed by atoms with Crippen molar-refractivity contribution in [2.24, 2.45) is 5.18 Å². The van der Waals surface area contributed by atoms with Crippen molar-refractivity contribution in [3.63, 3.8) is 0 Å². The van der Waals surface area contributed by atoms with Crippen molar-refractivity contribution in [3.8, 4) is 5.75 Å². The molecular formula is C13H18N2O3. The number of carbonyl (C=O) groups excluding carboxylic acids is 1. The average Bonchev–Trinajstić information content (AvgIpc) is 2.35. The molecule has 1 rings (SSSR count). The SMILES string of the molecule is COc1c(N=O)ccc(C(C)C)c1C(=O)N(C)C. The second-order valence-corrected chi connectivity index (χ2v) is 4.53. The van der Waals surface area contributed by atoms with Gasteiger partial charge in [-0.2, -0.15) is 0 Å². The van der Waals surface area contributed by atoms with Gasteiger partial charge >= 0.3 is 0 Å². The first-order valence-corrected chi connectivity index (χ1v) is 5.69. The van der Waals surface area contributed by atoms with Crippen LogP contribution < -0.4 is 4.74 Å². The minimum atomic E-state index is -0.193. The standard InChI is InChI=1S/C13H18N2O3/c1-8(2)9-6-7-10(14-17)12(18-5)11(9)13(16)15(3)4/h6-8H,1-5H3. The van der Waals surface area contributed by atoms with Crippen LogP contribution in [0.4, 0.5) is 5.69 Å². The van der Waals surface area contributed by atoms with Gasteiger partial charge in [0.25, 0.3) is 5.91 Å². The molecule has 0 atom stereocenters. The number of methoxy groups -OCH3 is 1. The highest BCUT2D eigenvalue weighted by molar-refractivity contribution is 6.00. The molecule has 0 fully saturated rings. The molecule has 5 heteroatoms. The molecule has 0 aliphatic rings.